The molecule has 0 aliphatic heterocycles. The topological polar surface area (TPSA) is 27.0 Å². The molecule has 0 fully saturated rings. The number of fused-ring (bicyclic) bond motifs is 1. The van der Waals surface area contributed by atoms with E-state index in [1.54, 1.807) is 0 Å². The molecular formula is C26H24N2. The van der Waals surface area contributed by atoms with Crippen molar-refractivity contribution in [3.05, 3.63) is 112 Å². The maximum absolute atomic E-state index is 9.26. The van der Waals surface area contributed by atoms with Gasteiger partial charge in [0.05, 0.1) is 11.6 Å². The molecule has 4 rings (SSSR count). The third-order valence-electron chi connectivity index (χ3n) is 5.37. The van der Waals surface area contributed by atoms with Crippen molar-refractivity contribution in [1.29, 1.82) is 5.26 Å². The summed E-state index contributed by atoms with van der Waals surface area (Å²) in [5, 5.41) is 9.26. The first kappa shape index (κ1) is 18.2. The molecule has 0 bridgehead atoms. The average Bonchev–Trinajstić information content (AvgIpc) is 2.74. The van der Waals surface area contributed by atoms with Crippen LogP contribution in [0.4, 0.5) is 0 Å². The molecule has 0 N–H and O–H groups in total. The summed E-state index contributed by atoms with van der Waals surface area (Å²) in [5.74, 6) is 0. The minimum Gasteiger partial charge on any atom is -0.298 e. The number of likely N-dealkylation sites (N-methyl/N-ethyl adjacent to an activating group) is 1. The first-order valence-corrected chi connectivity index (χ1v) is 9.78. The van der Waals surface area contributed by atoms with Crippen LogP contribution in [0.1, 0.15) is 34.2 Å². The minimum atomic E-state index is 0.746. The van der Waals surface area contributed by atoms with Gasteiger partial charge in [-0.3, -0.25) is 4.90 Å². The second-order valence-electron chi connectivity index (χ2n) is 7.49. The van der Waals surface area contributed by atoms with E-state index in [1.807, 2.05) is 6.07 Å². The van der Waals surface area contributed by atoms with Crippen LogP contribution in [0.2, 0.25) is 0 Å². The molecule has 1 aliphatic rings. The molecule has 0 spiro atoms. The molecular weight excluding hydrogens is 340 g/mol. The maximum atomic E-state index is 9.26. The minimum absolute atomic E-state index is 0.746. The summed E-state index contributed by atoms with van der Waals surface area (Å²) in [4.78, 5) is 2.39. The van der Waals surface area contributed by atoms with Gasteiger partial charge in [-0.25, -0.2) is 0 Å². The molecule has 3 aromatic carbocycles. The SMILES string of the molecule is CN(CC1=C(c2ccccc2)c2ccc(C#N)cc2CC1)Cc1ccccc1. The van der Waals surface area contributed by atoms with Gasteiger partial charge in [0, 0.05) is 13.1 Å². The monoisotopic (exact) mass is 364 g/mol. The zero-order chi connectivity index (χ0) is 19.3. The van der Waals surface area contributed by atoms with Crippen LogP contribution in [-0.4, -0.2) is 18.5 Å². The van der Waals surface area contributed by atoms with Gasteiger partial charge in [0.15, 0.2) is 0 Å². The molecule has 0 aromatic heterocycles. The Morgan fingerprint density at radius 1 is 0.857 bits per heavy atom. The Kier molecular flexibility index (Phi) is 5.37. The van der Waals surface area contributed by atoms with Gasteiger partial charge in [0.2, 0.25) is 0 Å². The summed E-state index contributed by atoms with van der Waals surface area (Å²) in [5.41, 5.74) is 8.72. The Morgan fingerprint density at radius 3 is 2.29 bits per heavy atom. The van der Waals surface area contributed by atoms with Gasteiger partial charge < -0.3 is 0 Å². The Morgan fingerprint density at radius 2 is 1.57 bits per heavy atom. The molecule has 1 aliphatic carbocycles. The fraction of sp³-hybridized carbons (Fsp3) is 0.192. The fourth-order valence-corrected chi connectivity index (χ4v) is 4.11. The number of benzene rings is 3. The first-order chi connectivity index (χ1) is 13.7. The van der Waals surface area contributed by atoms with Crippen LogP contribution in [0, 0.1) is 11.3 Å². The molecule has 0 unspecified atom stereocenters. The van der Waals surface area contributed by atoms with E-state index >= 15 is 0 Å². The van der Waals surface area contributed by atoms with E-state index in [4.69, 9.17) is 0 Å². The number of hydrogen-bond donors (Lipinski definition) is 0. The van der Waals surface area contributed by atoms with Crippen molar-refractivity contribution < 1.29 is 0 Å². The molecule has 0 amide bonds. The van der Waals surface area contributed by atoms with Gasteiger partial charge in [-0.15, -0.1) is 0 Å². The van der Waals surface area contributed by atoms with E-state index in [-0.39, 0.29) is 0 Å². The van der Waals surface area contributed by atoms with Crippen LogP contribution in [0.25, 0.3) is 5.57 Å². The number of hydrogen-bond acceptors (Lipinski definition) is 2. The van der Waals surface area contributed by atoms with Crippen LogP contribution >= 0.6 is 0 Å². The average molecular weight is 364 g/mol. The smallest absolute Gasteiger partial charge is 0.0991 e. The van der Waals surface area contributed by atoms with Crippen molar-refractivity contribution in [2.24, 2.45) is 0 Å². The van der Waals surface area contributed by atoms with Crippen molar-refractivity contribution in [2.45, 2.75) is 19.4 Å². The fourth-order valence-electron chi connectivity index (χ4n) is 4.11. The molecule has 2 heteroatoms. The maximum Gasteiger partial charge on any atom is 0.0991 e. The first-order valence-electron chi connectivity index (χ1n) is 9.78. The second kappa shape index (κ2) is 8.25. The number of rotatable bonds is 5. The highest BCUT2D eigenvalue weighted by Gasteiger charge is 2.21. The van der Waals surface area contributed by atoms with Crippen LogP contribution in [0.3, 0.4) is 0 Å². The molecule has 0 atom stereocenters. The van der Waals surface area contributed by atoms with Gasteiger partial charge >= 0.3 is 0 Å². The lowest BCUT2D eigenvalue weighted by Crippen LogP contribution is -2.23. The largest absolute Gasteiger partial charge is 0.298 e. The number of nitriles is 1. The van der Waals surface area contributed by atoms with E-state index in [1.165, 1.54) is 33.4 Å². The summed E-state index contributed by atoms with van der Waals surface area (Å²) in [7, 11) is 2.19. The second-order valence-corrected chi connectivity index (χ2v) is 7.49. The standard InChI is InChI=1S/C26H24N2/c1-28(18-20-8-4-2-5-9-20)19-24-14-13-23-16-21(17-27)12-15-25(23)26(24)22-10-6-3-7-11-22/h2-12,15-16H,13-14,18-19H2,1H3. The van der Waals surface area contributed by atoms with Gasteiger partial charge in [0.25, 0.3) is 0 Å². The molecule has 0 heterocycles. The van der Waals surface area contributed by atoms with E-state index in [9.17, 15) is 5.26 Å². The predicted octanol–water partition coefficient (Wildman–Crippen LogP) is 5.44. The lowest BCUT2D eigenvalue weighted by molar-refractivity contribution is 0.351. The predicted molar refractivity (Wildman–Crippen MR) is 115 cm³/mol. The van der Waals surface area contributed by atoms with Crippen LogP contribution in [0.15, 0.2) is 84.4 Å². The van der Waals surface area contributed by atoms with Crippen molar-refractivity contribution in [1.82, 2.24) is 4.90 Å². The molecule has 3 aromatic rings. The highest BCUT2D eigenvalue weighted by Crippen LogP contribution is 2.36. The van der Waals surface area contributed by atoms with E-state index in [0.29, 0.717) is 0 Å². The van der Waals surface area contributed by atoms with Gasteiger partial charge in [-0.05, 0) is 65.4 Å². The molecule has 138 valence electrons. The van der Waals surface area contributed by atoms with E-state index in [2.05, 4.69) is 90.8 Å². The number of aryl methyl sites for hydroxylation is 1. The van der Waals surface area contributed by atoms with Crippen molar-refractivity contribution in [3.8, 4) is 6.07 Å². The van der Waals surface area contributed by atoms with E-state index in [0.717, 1.165) is 31.5 Å². The van der Waals surface area contributed by atoms with Crippen molar-refractivity contribution in [2.75, 3.05) is 13.6 Å². The third kappa shape index (κ3) is 3.91. The third-order valence-corrected chi connectivity index (χ3v) is 5.37. The summed E-state index contributed by atoms with van der Waals surface area (Å²) in [6, 6.07) is 29.7. The summed E-state index contributed by atoms with van der Waals surface area (Å²) in [6.45, 7) is 1.88. The van der Waals surface area contributed by atoms with Crippen molar-refractivity contribution in [3.63, 3.8) is 0 Å². The summed E-state index contributed by atoms with van der Waals surface area (Å²) < 4.78 is 0. The Balaban J connectivity index is 1.71. The quantitative estimate of drug-likeness (QED) is 0.603. The molecule has 28 heavy (non-hydrogen) atoms. The van der Waals surface area contributed by atoms with Crippen LogP contribution in [0.5, 0.6) is 0 Å². The molecule has 0 saturated heterocycles. The normalized spacial score (nSPS) is 13.3. The lowest BCUT2D eigenvalue weighted by Gasteiger charge is -2.27. The highest BCUT2D eigenvalue weighted by atomic mass is 15.1. The zero-order valence-electron chi connectivity index (χ0n) is 16.2. The summed E-state index contributed by atoms with van der Waals surface area (Å²) >= 11 is 0. The van der Waals surface area contributed by atoms with Crippen molar-refractivity contribution >= 4 is 5.57 Å². The Hall–Kier alpha value is -3.15. The van der Waals surface area contributed by atoms with E-state index < -0.39 is 0 Å². The van der Waals surface area contributed by atoms with Gasteiger partial charge in [-0.2, -0.15) is 5.26 Å². The molecule has 0 saturated carbocycles. The van der Waals surface area contributed by atoms with Crippen LogP contribution in [-0.2, 0) is 13.0 Å². The Bertz CT molecular complexity index is 1030. The number of nitrogens with zero attached hydrogens (tertiary/aromatic N) is 2. The summed E-state index contributed by atoms with van der Waals surface area (Å²) in [6.07, 6.45) is 2.03. The Labute approximate surface area is 167 Å². The molecule has 0 radical (unpaired) electrons. The zero-order valence-corrected chi connectivity index (χ0v) is 16.2. The van der Waals surface area contributed by atoms with Gasteiger partial charge in [-0.1, -0.05) is 66.7 Å². The van der Waals surface area contributed by atoms with Gasteiger partial charge in [0.1, 0.15) is 0 Å². The highest BCUT2D eigenvalue weighted by molar-refractivity contribution is 5.85. The lowest BCUT2D eigenvalue weighted by atomic mass is 9.81. The molecule has 2 nitrogen and oxygen atoms in total. The van der Waals surface area contributed by atoms with Crippen LogP contribution < -0.4 is 0 Å².